The zero-order valence-electron chi connectivity index (χ0n) is 13.1. The normalized spacial score (nSPS) is 17.9. The van der Waals surface area contributed by atoms with Crippen LogP contribution in [0, 0.1) is 11.3 Å². The zero-order valence-corrected chi connectivity index (χ0v) is 13.9. The average Bonchev–Trinajstić information content (AvgIpc) is 2.53. The molecule has 0 amide bonds. The second kappa shape index (κ2) is 6.71. The standard InChI is InChI=1S/C17H18N2O2S/c1-10-15(11(2)20)16(14(9-18)17(19-10)22-4)12-5-7-13(21-3)8-6-12/h5-8,16,19H,1-4H3/t16-/m0/s1. The van der Waals surface area contributed by atoms with E-state index in [9.17, 15) is 10.1 Å². The highest BCUT2D eigenvalue weighted by Gasteiger charge is 2.32. The molecular formula is C17H18N2O2S. The first-order chi connectivity index (χ1) is 10.5. The van der Waals surface area contributed by atoms with Crippen LogP contribution in [-0.4, -0.2) is 19.1 Å². The second-order valence-electron chi connectivity index (χ2n) is 4.98. The first-order valence-electron chi connectivity index (χ1n) is 6.84. The molecule has 1 aromatic carbocycles. The van der Waals surface area contributed by atoms with E-state index in [1.54, 1.807) is 7.11 Å². The van der Waals surface area contributed by atoms with Crippen molar-refractivity contribution >= 4 is 17.5 Å². The lowest BCUT2D eigenvalue weighted by atomic mass is 9.81. The fraction of sp³-hybridized carbons (Fsp3) is 0.294. The quantitative estimate of drug-likeness (QED) is 0.923. The van der Waals surface area contributed by atoms with Crippen molar-refractivity contribution in [3.8, 4) is 11.8 Å². The highest BCUT2D eigenvalue weighted by atomic mass is 32.2. The lowest BCUT2D eigenvalue weighted by Gasteiger charge is -2.29. The van der Waals surface area contributed by atoms with E-state index in [1.165, 1.54) is 18.7 Å². The second-order valence-corrected chi connectivity index (χ2v) is 5.80. The van der Waals surface area contributed by atoms with Crippen LogP contribution < -0.4 is 10.1 Å². The van der Waals surface area contributed by atoms with Crippen molar-refractivity contribution in [2.45, 2.75) is 19.8 Å². The number of allylic oxidation sites excluding steroid dienone is 3. The summed E-state index contributed by atoms with van der Waals surface area (Å²) >= 11 is 1.48. The number of carbonyl (C=O) groups excluding carboxylic acids is 1. The van der Waals surface area contributed by atoms with Gasteiger partial charge in [-0.3, -0.25) is 4.79 Å². The van der Waals surface area contributed by atoms with E-state index in [-0.39, 0.29) is 11.7 Å². The molecule has 0 saturated heterocycles. The minimum Gasteiger partial charge on any atom is -0.497 e. The van der Waals surface area contributed by atoms with Gasteiger partial charge in [0.25, 0.3) is 0 Å². The minimum absolute atomic E-state index is 0.0290. The van der Waals surface area contributed by atoms with Crippen LogP contribution in [0.1, 0.15) is 25.3 Å². The minimum atomic E-state index is -0.336. The van der Waals surface area contributed by atoms with Crippen LogP contribution in [-0.2, 0) is 4.79 Å². The number of thioether (sulfide) groups is 1. The number of hydrogen-bond acceptors (Lipinski definition) is 5. The molecule has 1 heterocycles. The summed E-state index contributed by atoms with van der Waals surface area (Å²) in [6.45, 7) is 3.41. The lowest BCUT2D eigenvalue weighted by molar-refractivity contribution is -0.113. The van der Waals surface area contributed by atoms with Gasteiger partial charge in [-0.25, -0.2) is 0 Å². The Balaban J connectivity index is 2.62. The summed E-state index contributed by atoms with van der Waals surface area (Å²) in [7, 11) is 1.61. The van der Waals surface area contributed by atoms with E-state index < -0.39 is 0 Å². The number of nitrogens with one attached hydrogen (secondary N) is 1. The molecule has 0 bridgehead atoms. The molecule has 4 nitrogen and oxygen atoms in total. The molecule has 0 radical (unpaired) electrons. The van der Waals surface area contributed by atoms with Gasteiger partial charge in [-0.05, 0) is 37.8 Å². The van der Waals surface area contributed by atoms with E-state index in [0.29, 0.717) is 11.1 Å². The van der Waals surface area contributed by atoms with Crippen molar-refractivity contribution in [1.29, 1.82) is 5.26 Å². The molecule has 1 atom stereocenters. The van der Waals surface area contributed by atoms with Crippen LogP contribution in [0.2, 0.25) is 0 Å². The molecular weight excluding hydrogens is 296 g/mol. The van der Waals surface area contributed by atoms with Crippen molar-refractivity contribution < 1.29 is 9.53 Å². The molecule has 22 heavy (non-hydrogen) atoms. The number of nitrogens with zero attached hydrogens (tertiary/aromatic N) is 1. The molecule has 2 rings (SSSR count). The van der Waals surface area contributed by atoms with Crippen LogP contribution in [0.15, 0.2) is 46.1 Å². The summed E-state index contributed by atoms with van der Waals surface area (Å²) in [5.74, 6) is 0.381. The summed E-state index contributed by atoms with van der Waals surface area (Å²) in [5, 5.41) is 13.6. The first kappa shape index (κ1) is 16.2. The predicted molar refractivity (Wildman–Crippen MR) is 88.4 cm³/mol. The number of rotatable bonds is 4. The van der Waals surface area contributed by atoms with Gasteiger partial charge in [0.2, 0.25) is 0 Å². The number of dihydropyridines is 1. The Bertz CT molecular complexity index is 696. The topological polar surface area (TPSA) is 62.1 Å². The molecule has 0 saturated carbocycles. The summed E-state index contributed by atoms with van der Waals surface area (Å²) in [5.41, 5.74) is 2.93. The maximum atomic E-state index is 12.1. The maximum Gasteiger partial charge on any atom is 0.158 e. The Hall–Kier alpha value is -2.19. The fourth-order valence-corrected chi connectivity index (χ4v) is 3.31. The summed E-state index contributed by atoms with van der Waals surface area (Å²) in [4.78, 5) is 12.1. The highest BCUT2D eigenvalue weighted by Crippen LogP contribution is 2.40. The van der Waals surface area contributed by atoms with Gasteiger partial charge in [-0.1, -0.05) is 12.1 Å². The van der Waals surface area contributed by atoms with Crippen molar-refractivity contribution in [2.24, 2.45) is 0 Å². The van der Waals surface area contributed by atoms with Gasteiger partial charge in [0.1, 0.15) is 5.75 Å². The molecule has 0 unspecified atom stereocenters. The van der Waals surface area contributed by atoms with E-state index in [4.69, 9.17) is 4.74 Å². The Morgan fingerprint density at radius 3 is 2.45 bits per heavy atom. The zero-order chi connectivity index (χ0) is 16.3. The molecule has 0 fully saturated rings. The SMILES string of the molecule is COc1ccc([C@H]2C(C#N)=C(SC)NC(C)=C2C(C)=O)cc1. The molecule has 1 aliphatic rings. The predicted octanol–water partition coefficient (Wildman–Crippen LogP) is 3.34. The van der Waals surface area contributed by atoms with E-state index in [1.807, 2.05) is 37.4 Å². The van der Waals surface area contributed by atoms with Crippen molar-refractivity contribution in [3.05, 3.63) is 51.7 Å². The van der Waals surface area contributed by atoms with E-state index >= 15 is 0 Å². The number of methoxy groups -OCH3 is 1. The summed E-state index contributed by atoms with van der Waals surface area (Å²) in [6, 6.07) is 9.76. The van der Waals surface area contributed by atoms with Crippen molar-refractivity contribution in [3.63, 3.8) is 0 Å². The third-order valence-electron chi connectivity index (χ3n) is 3.68. The highest BCUT2D eigenvalue weighted by molar-refractivity contribution is 8.02. The molecule has 0 aromatic heterocycles. The van der Waals surface area contributed by atoms with Gasteiger partial charge in [-0.15, -0.1) is 11.8 Å². The first-order valence-corrected chi connectivity index (χ1v) is 8.06. The number of ether oxygens (including phenoxy) is 1. The molecule has 1 aliphatic heterocycles. The van der Waals surface area contributed by atoms with Crippen molar-refractivity contribution in [2.75, 3.05) is 13.4 Å². The van der Waals surface area contributed by atoms with E-state index in [0.717, 1.165) is 22.0 Å². The Morgan fingerprint density at radius 1 is 1.36 bits per heavy atom. The average molecular weight is 314 g/mol. The monoisotopic (exact) mass is 314 g/mol. The lowest BCUT2D eigenvalue weighted by Crippen LogP contribution is -2.26. The third kappa shape index (κ3) is 2.88. The molecule has 0 spiro atoms. The molecule has 5 heteroatoms. The van der Waals surface area contributed by atoms with Gasteiger partial charge in [-0.2, -0.15) is 5.26 Å². The molecule has 1 N–H and O–H groups in total. The number of carbonyl (C=O) groups is 1. The molecule has 1 aromatic rings. The largest absolute Gasteiger partial charge is 0.497 e. The fourth-order valence-electron chi connectivity index (χ4n) is 2.67. The van der Waals surface area contributed by atoms with Gasteiger partial charge in [0.05, 0.1) is 29.7 Å². The van der Waals surface area contributed by atoms with Crippen LogP contribution >= 0.6 is 11.8 Å². The Morgan fingerprint density at radius 2 is 2.00 bits per heavy atom. The van der Waals surface area contributed by atoms with Crippen LogP contribution in [0.3, 0.4) is 0 Å². The Labute approximate surface area is 134 Å². The smallest absolute Gasteiger partial charge is 0.158 e. The van der Waals surface area contributed by atoms with Crippen LogP contribution in [0.4, 0.5) is 0 Å². The van der Waals surface area contributed by atoms with Gasteiger partial charge < -0.3 is 10.1 Å². The number of nitriles is 1. The summed E-state index contributed by atoms with van der Waals surface area (Å²) < 4.78 is 5.17. The van der Waals surface area contributed by atoms with Gasteiger partial charge >= 0.3 is 0 Å². The maximum absolute atomic E-state index is 12.1. The third-order valence-corrected chi connectivity index (χ3v) is 4.41. The Kier molecular flexibility index (Phi) is 4.94. The van der Waals surface area contributed by atoms with Crippen LogP contribution in [0.25, 0.3) is 0 Å². The number of ketones is 1. The summed E-state index contributed by atoms with van der Waals surface area (Å²) in [6.07, 6.45) is 1.91. The number of Topliss-reactive ketones (excluding diaryl/α,β-unsaturated/α-hetero) is 1. The number of hydrogen-bond donors (Lipinski definition) is 1. The van der Waals surface area contributed by atoms with E-state index in [2.05, 4.69) is 11.4 Å². The van der Waals surface area contributed by atoms with Crippen molar-refractivity contribution in [1.82, 2.24) is 5.32 Å². The van der Waals surface area contributed by atoms with Gasteiger partial charge in [0, 0.05) is 11.3 Å². The molecule has 0 aliphatic carbocycles. The molecule has 114 valence electrons. The van der Waals surface area contributed by atoms with Crippen LogP contribution in [0.5, 0.6) is 5.75 Å². The number of benzene rings is 1. The van der Waals surface area contributed by atoms with Gasteiger partial charge in [0.15, 0.2) is 5.78 Å².